The number of hydrogen-bond acceptors (Lipinski definition) is 4. The van der Waals surface area contributed by atoms with Crippen LogP contribution in [0.2, 0.25) is 5.02 Å². The molecule has 6 heteroatoms. The Labute approximate surface area is 209 Å². The summed E-state index contributed by atoms with van der Waals surface area (Å²) in [4.78, 5) is 17.5. The number of nitrogens with two attached hydrogens (primary N) is 1. The Kier molecular flexibility index (Phi) is 7.84. The molecule has 2 aromatic carbocycles. The zero-order chi connectivity index (χ0) is 23.4. The lowest BCUT2D eigenvalue weighted by molar-refractivity contribution is 0.112. The largest absolute Gasteiger partial charge is 0.398 e. The van der Waals surface area contributed by atoms with Gasteiger partial charge in [-0.25, -0.2) is 0 Å². The summed E-state index contributed by atoms with van der Waals surface area (Å²) in [5.41, 5.74) is 12.0. The van der Waals surface area contributed by atoms with Crippen LogP contribution < -0.4 is 5.73 Å². The first-order chi connectivity index (χ1) is 16.0. The molecule has 5 rings (SSSR count). The van der Waals surface area contributed by atoms with Gasteiger partial charge >= 0.3 is 0 Å². The number of likely N-dealkylation sites (tertiary alicyclic amines) is 1. The van der Waals surface area contributed by atoms with E-state index in [0.717, 1.165) is 28.6 Å². The maximum Gasteiger partial charge on any atom is 0.152 e. The molecular weight excluding hydrogens is 498 g/mol. The predicted octanol–water partition coefficient (Wildman–Crippen LogP) is 6.15. The van der Waals surface area contributed by atoms with Crippen LogP contribution in [0.25, 0.3) is 0 Å². The molecule has 33 heavy (non-hydrogen) atoms. The van der Waals surface area contributed by atoms with Gasteiger partial charge in [0, 0.05) is 32.9 Å². The lowest BCUT2D eigenvalue weighted by atomic mass is 9.76. The number of pyridine rings is 1. The number of piperidine rings is 1. The molecule has 4 nitrogen and oxygen atoms in total. The first-order valence-corrected chi connectivity index (χ1v) is 12.5. The zero-order valence-corrected chi connectivity index (χ0v) is 21.1. The lowest BCUT2D eigenvalue weighted by Crippen LogP contribution is -2.33. The minimum absolute atomic E-state index is 0.400. The molecule has 0 unspecified atom stereocenters. The van der Waals surface area contributed by atoms with Crippen molar-refractivity contribution in [2.24, 2.45) is 5.92 Å². The number of carbonyl (C=O) groups is 1. The third kappa shape index (κ3) is 5.65. The van der Waals surface area contributed by atoms with E-state index in [1.807, 2.05) is 12.3 Å². The molecule has 0 bridgehead atoms. The molecular formula is C27H29BrClN3O. The SMILES string of the molecule is CN1CCC([C@@H]2c3ccc(Cl)cc3CCc3cc(Br)cnc32)CC1.Nc1ccccc1C=O. The summed E-state index contributed by atoms with van der Waals surface area (Å²) in [5.74, 6) is 1.06. The zero-order valence-electron chi connectivity index (χ0n) is 18.8. The first-order valence-electron chi connectivity index (χ1n) is 11.4. The molecule has 2 aliphatic rings. The van der Waals surface area contributed by atoms with Crippen LogP contribution in [0.5, 0.6) is 0 Å². The van der Waals surface area contributed by atoms with E-state index in [4.69, 9.17) is 22.3 Å². The summed E-state index contributed by atoms with van der Waals surface area (Å²) in [7, 11) is 2.22. The van der Waals surface area contributed by atoms with Crippen LogP contribution in [0.15, 0.2) is 59.2 Å². The molecule has 1 atom stereocenters. The van der Waals surface area contributed by atoms with Gasteiger partial charge in [0.15, 0.2) is 6.29 Å². The maximum absolute atomic E-state index is 10.1. The molecule has 1 fully saturated rings. The predicted molar refractivity (Wildman–Crippen MR) is 139 cm³/mol. The van der Waals surface area contributed by atoms with Gasteiger partial charge in [-0.2, -0.15) is 0 Å². The smallest absolute Gasteiger partial charge is 0.152 e. The molecule has 2 heterocycles. The maximum atomic E-state index is 10.1. The Hall–Kier alpha value is -2.21. The highest BCUT2D eigenvalue weighted by Gasteiger charge is 2.33. The van der Waals surface area contributed by atoms with Gasteiger partial charge < -0.3 is 10.6 Å². The van der Waals surface area contributed by atoms with Crippen molar-refractivity contribution in [1.29, 1.82) is 0 Å². The highest BCUT2D eigenvalue weighted by Crippen LogP contribution is 2.43. The molecule has 1 aliphatic carbocycles. The third-order valence-corrected chi connectivity index (χ3v) is 7.39. The van der Waals surface area contributed by atoms with E-state index >= 15 is 0 Å². The summed E-state index contributed by atoms with van der Waals surface area (Å²) in [5, 5.41) is 0.843. The summed E-state index contributed by atoms with van der Waals surface area (Å²) >= 11 is 9.89. The highest BCUT2D eigenvalue weighted by atomic mass is 79.9. The Balaban J connectivity index is 0.000000243. The Morgan fingerprint density at radius 2 is 1.82 bits per heavy atom. The van der Waals surface area contributed by atoms with Gasteiger partial charge in [0.1, 0.15) is 0 Å². The van der Waals surface area contributed by atoms with E-state index in [2.05, 4.69) is 46.1 Å². The molecule has 172 valence electrons. The number of carbonyl (C=O) groups excluding carboxylic acids is 1. The number of fused-ring (bicyclic) bond motifs is 2. The van der Waals surface area contributed by atoms with Crippen molar-refractivity contribution in [3.8, 4) is 0 Å². The number of rotatable bonds is 2. The first kappa shape index (κ1) is 23.9. The standard InChI is InChI=1S/C20H22BrClN2.C7H7NO/c1-24-8-6-13(7-9-24)19-18-5-4-17(22)11-14(18)2-3-15-10-16(21)12-23-20(15)19;8-7-4-2-1-3-6(7)5-9/h4-5,10-13,19H,2-3,6-9H2,1H3;1-5H,8H2/t19-;/m1./s1. The summed E-state index contributed by atoms with van der Waals surface area (Å²) in [6.45, 7) is 2.35. The van der Waals surface area contributed by atoms with Crippen molar-refractivity contribution in [1.82, 2.24) is 9.88 Å². The number of benzene rings is 2. The van der Waals surface area contributed by atoms with Crippen molar-refractivity contribution in [2.75, 3.05) is 25.9 Å². The molecule has 1 aromatic heterocycles. The summed E-state index contributed by atoms with van der Waals surface area (Å²) in [6, 6.07) is 15.7. The van der Waals surface area contributed by atoms with Crippen LogP contribution in [0.4, 0.5) is 5.69 Å². The van der Waals surface area contributed by atoms with Crippen LogP contribution in [0, 0.1) is 5.92 Å². The topological polar surface area (TPSA) is 59.2 Å². The number of anilines is 1. The van der Waals surface area contributed by atoms with E-state index in [1.54, 1.807) is 24.3 Å². The molecule has 0 amide bonds. The summed E-state index contributed by atoms with van der Waals surface area (Å²) < 4.78 is 1.08. The number of nitrogen functional groups attached to an aromatic ring is 1. The minimum atomic E-state index is 0.400. The van der Waals surface area contributed by atoms with Crippen molar-refractivity contribution in [3.63, 3.8) is 0 Å². The molecule has 0 spiro atoms. The van der Waals surface area contributed by atoms with Gasteiger partial charge in [-0.1, -0.05) is 29.8 Å². The van der Waals surface area contributed by atoms with Gasteiger partial charge in [0.05, 0.1) is 5.69 Å². The number of aromatic nitrogens is 1. The minimum Gasteiger partial charge on any atom is -0.398 e. The van der Waals surface area contributed by atoms with Crippen LogP contribution >= 0.6 is 27.5 Å². The highest BCUT2D eigenvalue weighted by molar-refractivity contribution is 9.10. The van der Waals surface area contributed by atoms with Gasteiger partial charge in [0.25, 0.3) is 0 Å². The second kappa shape index (κ2) is 10.8. The van der Waals surface area contributed by atoms with Crippen molar-refractivity contribution in [2.45, 2.75) is 31.6 Å². The number of halogens is 2. The van der Waals surface area contributed by atoms with E-state index in [1.165, 1.54) is 48.3 Å². The third-order valence-electron chi connectivity index (χ3n) is 6.72. The molecule has 1 saturated heterocycles. The van der Waals surface area contributed by atoms with Crippen molar-refractivity contribution >= 4 is 39.5 Å². The Morgan fingerprint density at radius 1 is 1.09 bits per heavy atom. The van der Waals surface area contributed by atoms with Crippen LogP contribution in [0.1, 0.15) is 51.5 Å². The average Bonchev–Trinajstić information content (AvgIpc) is 2.97. The van der Waals surface area contributed by atoms with Crippen LogP contribution in [-0.4, -0.2) is 36.3 Å². The van der Waals surface area contributed by atoms with Gasteiger partial charge in [-0.05, 0) is 115 Å². The van der Waals surface area contributed by atoms with E-state index in [0.29, 0.717) is 23.1 Å². The van der Waals surface area contributed by atoms with Gasteiger partial charge in [0.2, 0.25) is 0 Å². The second-order valence-electron chi connectivity index (χ2n) is 8.91. The monoisotopic (exact) mass is 525 g/mol. The van der Waals surface area contributed by atoms with Crippen molar-refractivity contribution < 1.29 is 4.79 Å². The van der Waals surface area contributed by atoms with E-state index in [-0.39, 0.29) is 0 Å². The average molecular weight is 527 g/mol. The van der Waals surface area contributed by atoms with Gasteiger partial charge in [-0.15, -0.1) is 0 Å². The van der Waals surface area contributed by atoms with Crippen molar-refractivity contribution in [3.05, 3.63) is 92.2 Å². The number of para-hydroxylation sites is 1. The fraction of sp³-hybridized carbons (Fsp3) is 0.333. The molecule has 0 saturated carbocycles. The number of aryl methyl sites for hydroxylation is 2. The normalized spacial score (nSPS) is 18.3. The quantitative estimate of drug-likeness (QED) is 0.321. The Morgan fingerprint density at radius 3 is 2.52 bits per heavy atom. The number of nitrogens with zero attached hydrogens (tertiary/aromatic N) is 2. The number of aldehydes is 1. The van der Waals surface area contributed by atoms with Gasteiger partial charge in [-0.3, -0.25) is 9.78 Å². The fourth-order valence-corrected chi connectivity index (χ4v) is 5.51. The summed E-state index contributed by atoms with van der Waals surface area (Å²) in [6.07, 6.45) is 7.26. The van der Waals surface area contributed by atoms with Crippen LogP contribution in [-0.2, 0) is 12.8 Å². The van der Waals surface area contributed by atoms with E-state index in [9.17, 15) is 4.79 Å². The molecule has 2 N–H and O–H groups in total. The molecule has 3 aromatic rings. The number of hydrogen-bond donors (Lipinski definition) is 1. The van der Waals surface area contributed by atoms with E-state index < -0.39 is 0 Å². The van der Waals surface area contributed by atoms with Crippen LogP contribution in [0.3, 0.4) is 0 Å². The fourth-order valence-electron chi connectivity index (χ4n) is 4.94. The molecule has 0 radical (unpaired) electrons. The molecule has 1 aliphatic heterocycles. The Bertz CT molecular complexity index is 1070. The lowest BCUT2D eigenvalue weighted by Gasteiger charge is -2.35. The second-order valence-corrected chi connectivity index (χ2v) is 10.3.